The highest BCUT2D eigenvalue weighted by Crippen LogP contribution is 2.12. The Morgan fingerprint density at radius 3 is 1.70 bits per heavy atom. The molecule has 0 aromatic carbocycles. The van der Waals surface area contributed by atoms with E-state index in [9.17, 15) is 4.79 Å². The molecule has 0 aliphatic rings. The molecule has 0 amide bonds. The lowest BCUT2D eigenvalue weighted by atomic mass is 10.1. The number of unbranched alkanes of at least 4 members (excludes halogenated alkanes) is 15. The van der Waals surface area contributed by atoms with E-state index in [0.29, 0.717) is 19.6 Å². The van der Waals surface area contributed by atoms with Gasteiger partial charge in [0.25, 0.3) is 0 Å². The smallest absolute Gasteiger partial charge is 0.305 e. The largest absolute Gasteiger partial charge is 0.463 e. The molecular formula is C26H50O4. The molecule has 0 aromatic heterocycles. The van der Waals surface area contributed by atoms with Gasteiger partial charge in [-0.1, -0.05) is 96.1 Å². The summed E-state index contributed by atoms with van der Waals surface area (Å²) < 4.78 is 10.1. The van der Waals surface area contributed by atoms with Gasteiger partial charge in [0.2, 0.25) is 0 Å². The third kappa shape index (κ3) is 25.2. The first kappa shape index (κ1) is 29.1. The molecule has 178 valence electrons. The normalized spacial score (nSPS) is 11.4. The number of aliphatic hydroxyl groups excluding tert-OH is 1. The Labute approximate surface area is 186 Å². The van der Waals surface area contributed by atoms with Crippen molar-refractivity contribution < 1.29 is 19.4 Å². The Bertz CT molecular complexity index is 368. The van der Waals surface area contributed by atoms with Crippen LogP contribution >= 0.6 is 0 Å². The standard InChI is InChI=1S/C26H50O4/c1-2-3-4-5-6-7-8-9-10-11-12-13-14-15-16-17-18-19-20-21-26(28)30-25-24-29-23-22-27/h9-10,27H,2-8,11-25H2,1H3/b10-9-. The van der Waals surface area contributed by atoms with Crippen molar-refractivity contribution in [2.24, 2.45) is 0 Å². The second kappa shape index (κ2) is 26.2. The molecule has 0 aliphatic carbocycles. The monoisotopic (exact) mass is 426 g/mol. The van der Waals surface area contributed by atoms with Gasteiger partial charge in [-0.05, 0) is 32.1 Å². The van der Waals surface area contributed by atoms with Crippen molar-refractivity contribution in [2.75, 3.05) is 26.4 Å². The number of esters is 1. The Morgan fingerprint density at radius 1 is 0.667 bits per heavy atom. The van der Waals surface area contributed by atoms with Gasteiger partial charge in [0.15, 0.2) is 0 Å². The van der Waals surface area contributed by atoms with Crippen molar-refractivity contribution in [3.05, 3.63) is 12.2 Å². The highest BCUT2D eigenvalue weighted by Gasteiger charge is 2.02. The average molecular weight is 427 g/mol. The van der Waals surface area contributed by atoms with Crippen LogP contribution in [0.2, 0.25) is 0 Å². The lowest BCUT2D eigenvalue weighted by Gasteiger charge is -2.05. The molecular weight excluding hydrogens is 376 g/mol. The predicted octanol–water partition coefficient (Wildman–Crippen LogP) is 7.14. The lowest BCUT2D eigenvalue weighted by molar-refractivity contribution is -0.145. The van der Waals surface area contributed by atoms with Gasteiger partial charge in [0.05, 0.1) is 19.8 Å². The summed E-state index contributed by atoms with van der Waals surface area (Å²) in [5.41, 5.74) is 0. The Morgan fingerprint density at radius 2 is 1.17 bits per heavy atom. The molecule has 0 unspecified atom stereocenters. The van der Waals surface area contributed by atoms with Crippen molar-refractivity contribution >= 4 is 5.97 Å². The number of carbonyl (C=O) groups excluding carboxylic acids is 1. The molecule has 30 heavy (non-hydrogen) atoms. The molecule has 0 heterocycles. The third-order valence-corrected chi connectivity index (χ3v) is 5.37. The van der Waals surface area contributed by atoms with E-state index < -0.39 is 0 Å². The minimum absolute atomic E-state index is 0.00461. The zero-order valence-corrected chi connectivity index (χ0v) is 19.9. The molecule has 0 saturated carbocycles. The first-order chi connectivity index (χ1) is 14.8. The summed E-state index contributed by atoms with van der Waals surface area (Å²) in [6.45, 7) is 3.22. The summed E-state index contributed by atoms with van der Waals surface area (Å²) in [7, 11) is 0. The van der Waals surface area contributed by atoms with Gasteiger partial charge >= 0.3 is 5.97 Å². The molecule has 0 spiro atoms. The fourth-order valence-corrected chi connectivity index (χ4v) is 3.50. The van der Waals surface area contributed by atoms with Gasteiger partial charge in [0, 0.05) is 6.42 Å². The van der Waals surface area contributed by atoms with E-state index in [-0.39, 0.29) is 19.2 Å². The van der Waals surface area contributed by atoms with Crippen molar-refractivity contribution in [1.29, 1.82) is 0 Å². The quantitative estimate of drug-likeness (QED) is 0.101. The maximum Gasteiger partial charge on any atom is 0.305 e. The van der Waals surface area contributed by atoms with E-state index in [1.165, 1.54) is 96.3 Å². The SMILES string of the molecule is CCCCCCCC/C=C\CCCCCCCCCCCC(=O)OCCOCCO. The highest BCUT2D eigenvalue weighted by atomic mass is 16.6. The molecule has 4 heteroatoms. The van der Waals surface area contributed by atoms with E-state index in [1.807, 2.05) is 0 Å². The van der Waals surface area contributed by atoms with E-state index >= 15 is 0 Å². The second-order valence-electron chi connectivity index (χ2n) is 8.30. The molecule has 0 atom stereocenters. The lowest BCUT2D eigenvalue weighted by Crippen LogP contribution is -2.11. The van der Waals surface area contributed by atoms with Gasteiger partial charge in [-0.15, -0.1) is 0 Å². The van der Waals surface area contributed by atoms with E-state index in [1.54, 1.807) is 0 Å². The number of hydrogen-bond donors (Lipinski definition) is 1. The molecule has 0 aliphatic heterocycles. The number of rotatable bonds is 24. The van der Waals surface area contributed by atoms with Crippen LogP contribution in [0.5, 0.6) is 0 Å². The number of carbonyl (C=O) groups is 1. The zero-order valence-electron chi connectivity index (χ0n) is 19.9. The first-order valence-corrected chi connectivity index (χ1v) is 12.8. The molecule has 0 saturated heterocycles. The topological polar surface area (TPSA) is 55.8 Å². The minimum atomic E-state index is -0.136. The van der Waals surface area contributed by atoms with Crippen LogP contribution in [0.25, 0.3) is 0 Å². The van der Waals surface area contributed by atoms with Crippen molar-refractivity contribution in [2.45, 2.75) is 122 Å². The van der Waals surface area contributed by atoms with Crippen molar-refractivity contribution in [3.8, 4) is 0 Å². The van der Waals surface area contributed by atoms with Crippen LogP contribution in [-0.2, 0) is 14.3 Å². The molecule has 0 fully saturated rings. The summed E-state index contributed by atoms with van der Waals surface area (Å²) in [5.74, 6) is -0.136. The summed E-state index contributed by atoms with van der Waals surface area (Å²) >= 11 is 0. The van der Waals surface area contributed by atoms with Gasteiger partial charge in [0.1, 0.15) is 6.61 Å². The highest BCUT2D eigenvalue weighted by molar-refractivity contribution is 5.69. The van der Waals surface area contributed by atoms with Crippen LogP contribution in [0.3, 0.4) is 0 Å². The summed E-state index contributed by atoms with van der Waals surface area (Å²) in [6, 6.07) is 0. The number of aliphatic hydroxyl groups is 1. The predicted molar refractivity (Wildman–Crippen MR) is 127 cm³/mol. The Kier molecular flexibility index (Phi) is 25.4. The third-order valence-electron chi connectivity index (χ3n) is 5.37. The van der Waals surface area contributed by atoms with Crippen LogP contribution in [0.1, 0.15) is 122 Å². The van der Waals surface area contributed by atoms with Gasteiger partial charge in [-0.3, -0.25) is 4.79 Å². The summed E-state index contributed by atoms with van der Waals surface area (Å²) in [4.78, 5) is 11.5. The number of ether oxygens (including phenoxy) is 2. The minimum Gasteiger partial charge on any atom is -0.463 e. The molecule has 1 N–H and O–H groups in total. The van der Waals surface area contributed by atoms with Gasteiger partial charge in [-0.25, -0.2) is 0 Å². The number of hydrogen-bond acceptors (Lipinski definition) is 4. The van der Waals surface area contributed by atoms with Gasteiger partial charge < -0.3 is 14.6 Å². The molecule has 0 radical (unpaired) electrons. The van der Waals surface area contributed by atoms with E-state index in [0.717, 1.165) is 12.8 Å². The zero-order chi connectivity index (χ0) is 22.0. The van der Waals surface area contributed by atoms with Crippen molar-refractivity contribution in [3.63, 3.8) is 0 Å². The fraction of sp³-hybridized carbons (Fsp3) is 0.885. The van der Waals surface area contributed by atoms with E-state index in [2.05, 4.69) is 19.1 Å². The summed E-state index contributed by atoms with van der Waals surface area (Å²) in [5, 5.41) is 8.57. The first-order valence-electron chi connectivity index (χ1n) is 12.8. The van der Waals surface area contributed by atoms with Crippen LogP contribution < -0.4 is 0 Å². The fourth-order valence-electron chi connectivity index (χ4n) is 3.50. The maximum atomic E-state index is 11.5. The van der Waals surface area contributed by atoms with Crippen LogP contribution in [0, 0.1) is 0 Å². The number of allylic oxidation sites excluding steroid dienone is 2. The molecule has 4 nitrogen and oxygen atoms in total. The maximum absolute atomic E-state index is 11.5. The Hall–Kier alpha value is -0.870. The van der Waals surface area contributed by atoms with Gasteiger partial charge in [-0.2, -0.15) is 0 Å². The molecule has 0 rings (SSSR count). The second-order valence-corrected chi connectivity index (χ2v) is 8.30. The van der Waals surface area contributed by atoms with Crippen molar-refractivity contribution in [1.82, 2.24) is 0 Å². The Balaban J connectivity index is 3.15. The van der Waals surface area contributed by atoms with Crippen LogP contribution in [0.15, 0.2) is 12.2 Å². The molecule has 0 bridgehead atoms. The molecule has 0 aromatic rings. The van der Waals surface area contributed by atoms with Crippen LogP contribution in [0.4, 0.5) is 0 Å². The van der Waals surface area contributed by atoms with Crippen LogP contribution in [-0.4, -0.2) is 37.5 Å². The van der Waals surface area contributed by atoms with E-state index in [4.69, 9.17) is 14.6 Å². The average Bonchev–Trinajstić information content (AvgIpc) is 2.75. The summed E-state index contributed by atoms with van der Waals surface area (Å²) in [6.07, 6.45) is 27.4.